The van der Waals surface area contributed by atoms with Gasteiger partial charge in [0.15, 0.2) is 0 Å². The Hall–Kier alpha value is -1.13. The maximum absolute atomic E-state index is 13.0. The van der Waals surface area contributed by atoms with Crippen LogP contribution in [0.15, 0.2) is 24.3 Å². The van der Waals surface area contributed by atoms with E-state index in [1.54, 1.807) is 12.1 Å². The smallest absolute Gasteiger partial charge is 0.123 e. The second-order valence-corrected chi connectivity index (χ2v) is 5.68. The van der Waals surface area contributed by atoms with E-state index in [0.717, 1.165) is 31.7 Å². The summed E-state index contributed by atoms with van der Waals surface area (Å²) < 4.78 is 13.0. The molecule has 0 aliphatic carbocycles. The van der Waals surface area contributed by atoms with Crippen molar-refractivity contribution in [3.63, 3.8) is 0 Å². The van der Waals surface area contributed by atoms with Gasteiger partial charge in [-0.3, -0.25) is 0 Å². The Morgan fingerprint density at radius 3 is 2.63 bits per heavy atom. The van der Waals surface area contributed by atoms with E-state index in [1.807, 2.05) is 12.1 Å². The number of benzene rings is 1. The SMILES string of the molecule is CC1CCNC(CN(C)C)CN1c1ccc(F)cc1. The van der Waals surface area contributed by atoms with Gasteiger partial charge in [0.05, 0.1) is 0 Å². The van der Waals surface area contributed by atoms with Gasteiger partial charge in [-0.25, -0.2) is 4.39 Å². The van der Waals surface area contributed by atoms with Crippen LogP contribution in [0.1, 0.15) is 13.3 Å². The monoisotopic (exact) mass is 265 g/mol. The standard InChI is InChI=1S/C15H24FN3/c1-12-8-9-17-14(10-18(2)3)11-19(12)15-6-4-13(16)5-7-15/h4-7,12,14,17H,8-11H2,1-3H3. The second kappa shape index (κ2) is 6.35. The molecule has 0 radical (unpaired) electrons. The summed E-state index contributed by atoms with van der Waals surface area (Å²) in [4.78, 5) is 4.59. The van der Waals surface area contributed by atoms with Crippen molar-refractivity contribution in [3.8, 4) is 0 Å². The number of rotatable bonds is 3. The molecule has 1 aliphatic rings. The van der Waals surface area contributed by atoms with Crippen molar-refractivity contribution in [3.05, 3.63) is 30.1 Å². The van der Waals surface area contributed by atoms with E-state index in [1.165, 1.54) is 0 Å². The van der Waals surface area contributed by atoms with Crippen LogP contribution in [0.3, 0.4) is 0 Å². The second-order valence-electron chi connectivity index (χ2n) is 5.68. The Balaban J connectivity index is 2.13. The fourth-order valence-electron chi connectivity index (χ4n) is 2.69. The van der Waals surface area contributed by atoms with E-state index < -0.39 is 0 Å². The third-order valence-corrected chi connectivity index (χ3v) is 3.69. The first-order valence-electron chi connectivity index (χ1n) is 6.96. The molecule has 19 heavy (non-hydrogen) atoms. The van der Waals surface area contributed by atoms with Crippen molar-refractivity contribution in [2.24, 2.45) is 0 Å². The van der Waals surface area contributed by atoms with Crippen LogP contribution in [0, 0.1) is 5.82 Å². The summed E-state index contributed by atoms with van der Waals surface area (Å²) in [5, 5.41) is 3.60. The molecule has 1 saturated heterocycles. The Morgan fingerprint density at radius 2 is 2.00 bits per heavy atom. The number of nitrogens with zero attached hydrogens (tertiary/aromatic N) is 2. The number of halogens is 1. The van der Waals surface area contributed by atoms with Gasteiger partial charge in [-0.15, -0.1) is 0 Å². The first-order chi connectivity index (χ1) is 9.06. The predicted molar refractivity (Wildman–Crippen MR) is 78.2 cm³/mol. The van der Waals surface area contributed by atoms with E-state index in [2.05, 4.69) is 36.1 Å². The Labute approximate surface area is 115 Å². The number of likely N-dealkylation sites (N-methyl/N-ethyl adjacent to an activating group) is 1. The van der Waals surface area contributed by atoms with E-state index in [4.69, 9.17) is 0 Å². The third-order valence-electron chi connectivity index (χ3n) is 3.69. The lowest BCUT2D eigenvalue weighted by molar-refractivity contribution is 0.346. The highest BCUT2D eigenvalue weighted by molar-refractivity contribution is 5.47. The average Bonchev–Trinajstić information content (AvgIpc) is 2.52. The average molecular weight is 265 g/mol. The summed E-state index contributed by atoms with van der Waals surface area (Å²) in [5.74, 6) is -0.172. The molecule has 2 unspecified atom stereocenters. The van der Waals surface area contributed by atoms with E-state index in [-0.39, 0.29) is 5.82 Å². The van der Waals surface area contributed by atoms with Crippen LogP contribution >= 0.6 is 0 Å². The third kappa shape index (κ3) is 3.91. The van der Waals surface area contributed by atoms with Crippen molar-refractivity contribution >= 4 is 5.69 Å². The molecular formula is C15H24FN3. The molecule has 2 atom stereocenters. The van der Waals surface area contributed by atoms with Crippen LogP contribution in [-0.4, -0.2) is 50.7 Å². The summed E-state index contributed by atoms with van der Waals surface area (Å²) in [6.07, 6.45) is 1.11. The molecule has 0 spiro atoms. The molecule has 3 nitrogen and oxygen atoms in total. The normalized spacial score (nSPS) is 24.6. The maximum Gasteiger partial charge on any atom is 0.123 e. The molecule has 2 rings (SSSR count). The lowest BCUT2D eigenvalue weighted by atomic mass is 10.1. The Bertz CT molecular complexity index is 391. The zero-order valence-corrected chi connectivity index (χ0v) is 12.1. The van der Waals surface area contributed by atoms with Gasteiger partial charge in [-0.1, -0.05) is 0 Å². The molecule has 106 valence electrons. The molecule has 4 heteroatoms. The van der Waals surface area contributed by atoms with Gasteiger partial charge in [-0.2, -0.15) is 0 Å². The predicted octanol–water partition coefficient (Wildman–Crippen LogP) is 1.94. The summed E-state index contributed by atoms with van der Waals surface area (Å²) in [5.41, 5.74) is 1.11. The molecule has 1 fully saturated rings. The van der Waals surface area contributed by atoms with Gasteiger partial charge in [0.1, 0.15) is 5.82 Å². The van der Waals surface area contributed by atoms with Crippen molar-refractivity contribution in [1.82, 2.24) is 10.2 Å². The number of hydrogen-bond donors (Lipinski definition) is 1. The first kappa shape index (κ1) is 14.3. The minimum Gasteiger partial charge on any atom is -0.367 e. The van der Waals surface area contributed by atoms with Crippen LogP contribution < -0.4 is 10.2 Å². The van der Waals surface area contributed by atoms with Gasteiger partial charge >= 0.3 is 0 Å². The maximum atomic E-state index is 13.0. The molecule has 0 saturated carbocycles. The molecule has 1 N–H and O–H groups in total. The van der Waals surface area contributed by atoms with E-state index >= 15 is 0 Å². The minimum atomic E-state index is -0.172. The molecular weight excluding hydrogens is 241 g/mol. The minimum absolute atomic E-state index is 0.172. The first-order valence-corrected chi connectivity index (χ1v) is 6.96. The lowest BCUT2D eigenvalue weighted by Crippen LogP contribution is -2.45. The molecule has 1 aliphatic heterocycles. The van der Waals surface area contributed by atoms with Gasteiger partial charge < -0.3 is 15.1 Å². The van der Waals surface area contributed by atoms with Crippen LogP contribution in [0.25, 0.3) is 0 Å². The van der Waals surface area contributed by atoms with Crippen molar-refractivity contribution in [2.45, 2.75) is 25.4 Å². The summed E-state index contributed by atoms with van der Waals surface area (Å²) in [6, 6.07) is 7.77. The Kier molecular flexibility index (Phi) is 4.77. The lowest BCUT2D eigenvalue weighted by Gasteiger charge is -2.32. The highest BCUT2D eigenvalue weighted by atomic mass is 19.1. The van der Waals surface area contributed by atoms with E-state index in [0.29, 0.717) is 12.1 Å². The molecule has 0 amide bonds. The topological polar surface area (TPSA) is 18.5 Å². The number of nitrogens with one attached hydrogen (secondary N) is 1. The zero-order valence-electron chi connectivity index (χ0n) is 12.1. The number of anilines is 1. The summed E-state index contributed by atoms with van der Waals surface area (Å²) >= 11 is 0. The molecule has 0 aromatic heterocycles. The van der Waals surface area contributed by atoms with E-state index in [9.17, 15) is 4.39 Å². The fraction of sp³-hybridized carbons (Fsp3) is 0.600. The van der Waals surface area contributed by atoms with Crippen LogP contribution in [0.2, 0.25) is 0 Å². The highest BCUT2D eigenvalue weighted by Gasteiger charge is 2.23. The zero-order chi connectivity index (χ0) is 13.8. The number of hydrogen-bond acceptors (Lipinski definition) is 3. The highest BCUT2D eigenvalue weighted by Crippen LogP contribution is 2.21. The van der Waals surface area contributed by atoms with Crippen molar-refractivity contribution in [2.75, 3.05) is 38.6 Å². The largest absolute Gasteiger partial charge is 0.367 e. The van der Waals surface area contributed by atoms with Crippen molar-refractivity contribution < 1.29 is 4.39 Å². The fourth-order valence-corrected chi connectivity index (χ4v) is 2.69. The van der Waals surface area contributed by atoms with Gasteiger partial charge in [0.25, 0.3) is 0 Å². The van der Waals surface area contributed by atoms with Crippen LogP contribution in [0.5, 0.6) is 0 Å². The van der Waals surface area contributed by atoms with Gasteiger partial charge in [0.2, 0.25) is 0 Å². The van der Waals surface area contributed by atoms with Crippen LogP contribution in [0.4, 0.5) is 10.1 Å². The van der Waals surface area contributed by atoms with Crippen LogP contribution in [-0.2, 0) is 0 Å². The Morgan fingerprint density at radius 1 is 1.32 bits per heavy atom. The van der Waals surface area contributed by atoms with Crippen molar-refractivity contribution in [1.29, 1.82) is 0 Å². The van der Waals surface area contributed by atoms with Gasteiger partial charge in [-0.05, 0) is 58.3 Å². The molecule has 1 heterocycles. The van der Waals surface area contributed by atoms with Gasteiger partial charge in [0, 0.05) is 30.9 Å². The summed E-state index contributed by atoms with van der Waals surface area (Å²) in [6.45, 7) is 5.26. The molecule has 1 aromatic carbocycles. The molecule has 1 aromatic rings. The quantitative estimate of drug-likeness (QED) is 0.901. The molecule has 0 bridgehead atoms. The summed E-state index contributed by atoms with van der Waals surface area (Å²) in [7, 11) is 4.19.